The van der Waals surface area contributed by atoms with E-state index in [9.17, 15) is 9.59 Å². The van der Waals surface area contributed by atoms with Gasteiger partial charge in [-0.1, -0.05) is 43.3 Å². The van der Waals surface area contributed by atoms with Crippen LogP contribution in [0.25, 0.3) is 0 Å². The molecule has 146 valence electrons. The molecule has 1 aromatic heterocycles. The highest BCUT2D eigenvalue weighted by atomic mass is 16.5. The van der Waals surface area contributed by atoms with Gasteiger partial charge in [0.2, 0.25) is 5.88 Å². The van der Waals surface area contributed by atoms with Gasteiger partial charge in [0.15, 0.2) is 0 Å². The average molecular weight is 378 g/mol. The molecule has 0 saturated heterocycles. The van der Waals surface area contributed by atoms with Crippen molar-refractivity contribution in [3.8, 4) is 11.6 Å². The van der Waals surface area contributed by atoms with Crippen LogP contribution in [0.3, 0.4) is 0 Å². The summed E-state index contributed by atoms with van der Waals surface area (Å²) in [5.74, 6) is 0.975. The van der Waals surface area contributed by atoms with Gasteiger partial charge in [-0.3, -0.25) is 14.3 Å². The molecule has 3 aromatic rings. The van der Waals surface area contributed by atoms with Crippen LogP contribution in [0.5, 0.6) is 11.6 Å². The normalized spacial score (nSPS) is 10.8. The Morgan fingerprint density at radius 3 is 2.32 bits per heavy atom. The number of ether oxygens (including phenoxy) is 1. The molecule has 0 aliphatic carbocycles. The summed E-state index contributed by atoms with van der Waals surface area (Å²) in [7, 11) is 0. The fourth-order valence-corrected chi connectivity index (χ4v) is 3.41. The minimum Gasteiger partial charge on any atom is -0.440 e. The second kappa shape index (κ2) is 8.74. The highest BCUT2D eigenvalue weighted by Gasteiger charge is 2.16. The number of aryl methyl sites for hydroxylation is 3. The predicted molar refractivity (Wildman–Crippen MR) is 111 cm³/mol. The zero-order valence-corrected chi connectivity index (χ0v) is 16.6. The van der Waals surface area contributed by atoms with Gasteiger partial charge in [-0.15, -0.1) is 0 Å². The Morgan fingerprint density at radius 2 is 1.68 bits per heavy atom. The molecule has 1 N–H and O–H groups in total. The lowest BCUT2D eigenvalue weighted by molar-refractivity contribution is 0.401. The molecule has 3 rings (SSSR count). The number of rotatable bonds is 7. The van der Waals surface area contributed by atoms with Crippen molar-refractivity contribution in [3.05, 3.63) is 91.6 Å². The van der Waals surface area contributed by atoms with E-state index in [-0.39, 0.29) is 5.56 Å². The zero-order valence-electron chi connectivity index (χ0n) is 16.6. The van der Waals surface area contributed by atoms with Crippen LogP contribution in [0.1, 0.15) is 35.6 Å². The van der Waals surface area contributed by atoms with Crippen LogP contribution in [0.2, 0.25) is 0 Å². The number of nitrogens with one attached hydrogen (secondary N) is 1. The molecular formula is C23H26N2O3. The average Bonchev–Trinajstić information content (AvgIpc) is 2.64. The van der Waals surface area contributed by atoms with Gasteiger partial charge in [-0.05, 0) is 61.9 Å². The van der Waals surface area contributed by atoms with E-state index in [4.69, 9.17) is 4.74 Å². The summed E-state index contributed by atoms with van der Waals surface area (Å²) in [6, 6.07) is 16.0. The quantitative estimate of drug-likeness (QED) is 0.672. The summed E-state index contributed by atoms with van der Waals surface area (Å²) in [6.45, 7) is 6.34. The molecule has 5 nitrogen and oxygen atoms in total. The lowest BCUT2D eigenvalue weighted by atomic mass is 10.1. The number of benzene rings is 2. The highest BCUT2D eigenvalue weighted by Crippen LogP contribution is 2.25. The Hall–Kier alpha value is -3.08. The number of H-pyrrole nitrogens is 1. The Kier molecular flexibility index (Phi) is 6.14. The monoisotopic (exact) mass is 378 g/mol. The number of aromatic amines is 1. The number of nitrogens with zero attached hydrogens (tertiary/aromatic N) is 1. The largest absolute Gasteiger partial charge is 0.440 e. The van der Waals surface area contributed by atoms with Crippen molar-refractivity contribution in [1.82, 2.24) is 9.55 Å². The molecule has 0 unspecified atom stereocenters. The molecule has 0 radical (unpaired) electrons. The maximum absolute atomic E-state index is 12.5. The summed E-state index contributed by atoms with van der Waals surface area (Å²) in [5.41, 5.74) is 3.01. The molecule has 0 spiro atoms. The van der Waals surface area contributed by atoms with Crippen LogP contribution in [0, 0.1) is 13.8 Å². The third-order valence-electron chi connectivity index (χ3n) is 4.70. The minimum absolute atomic E-state index is 0.342. The standard InChI is InChI=1S/C23H26N2O3/c1-4-20-21(26)24-23(27)25(12-8-11-18-9-6-5-7-10-18)22(20)28-19-14-16(2)13-17(3)15-19/h5-7,9-10,13-15H,4,8,11-12H2,1-3H3,(H,24,26,27). The predicted octanol–water partition coefficient (Wildman–Crippen LogP) is 4.14. The van der Waals surface area contributed by atoms with Gasteiger partial charge in [-0.25, -0.2) is 4.79 Å². The summed E-state index contributed by atoms with van der Waals surface area (Å²) in [6.07, 6.45) is 2.09. The maximum Gasteiger partial charge on any atom is 0.331 e. The second-order valence-electron chi connectivity index (χ2n) is 7.06. The Bertz CT molecular complexity index is 1050. The molecule has 28 heavy (non-hydrogen) atoms. The fraction of sp³-hybridized carbons (Fsp3) is 0.304. The van der Waals surface area contributed by atoms with E-state index in [1.165, 1.54) is 5.56 Å². The van der Waals surface area contributed by atoms with Crippen molar-refractivity contribution in [2.24, 2.45) is 0 Å². The van der Waals surface area contributed by atoms with E-state index >= 15 is 0 Å². The van der Waals surface area contributed by atoms with E-state index in [2.05, 4.69) is 23.2 Å². The molecule has 0 saturated carbocycles. The molecule has 0 atom stereocenters. The third-order valence-corrected chi connectivity index (χ3v) is 4.70. The molecule has 0 bridgehead atoms. The van der Waals surface area contributed by atoms with Crippen LogP contribution >= 0.6 is 0 Å². The van der Waals surface area contributed by atoms with E-state index in [1.54, 1.807) is 4.57 Å². The molecule has 0 amide bonds. The maximum atomic E-state index is 12.5. The Labute approximate surface area is 164 Å². The number of hydrogen-bond donors (Lipinski definition) is 1. The Morgan fingerprint density at radius 1 is 1.00 bits per heavy atom. The first-order chi connectivity index (χ1) is 13.5. The summed E-state index contributed by atoms with van der Waals surface area (Å²) >= 11 is 0. The van der Waals surface area contributed by atoms with Gasteiger partial charge in [-0.2, -0.15) is 0 Å². The lowest BCUT2D eigenvalue weighted by Gasteiger charge is -2.17. The van der Waals surface area contributed by atoms with Crippen LogP contribution in [-0.2, 0) is 19.4 Å². The first kappa shape index (κ1) is 19.7. The van der Waals surface area contributed by atoms with Gasteiger partial charge in [0.1, 0.15) is 5.75 Å². The molecule has 0 fully saturated rings. The van der Waals surface area contributed by atoms with E-state index in [0.29, 0.717) is 30.2 Å². The fourth-order valence-electron chi connectivity index (χ4n) is 3.41. The summed E-state index contributed by atoms with van der Waals surface area (Å²) in [4.78, 5) is 27.3. The van der Waals surface area contributed by atoms with Crippen molar-refractivity contribution in [2.75, 3.05) is 0 Å². The molecule has 1 heterocycles. The van der Waals surface area contributed by atoms with Gasteiger partial charge in [0, 0.05) is 6.54 Å². The highest BCUT2D eigenvalue weighted by molar-refractivity contribution is 5.37. The smallest absolute Gasteiger partial charge is 0.331 e. The third kappa shape index (κ3) is 4.60. The Balaban J connectivity index is 1.94. The number of hydrogen-bond acceptors (Lipinski definition) is 3. The molecule has 0 aliphatic rings. The van der Waals surface area contributed by atoms with Gasteiger partial charge in [0.05, 0.1) is 5.56 Å². The number of aromatic nitrogens is 2. The van der Waals surface area contributed by atoms with Crippen molar-refractivity contribution in [1.29, 1.82) is 0 Å². The molecule has 2 aromatic carbocycles. The molecule has 5 heteroatoms. The van der Waals surface area contributed by atoms with Crippen molar-refractivity contribution in [3.63, 3.8) is 0 Å². The summed E-state index contributed by atoms with van der Waals surface area (Å²) < 4.78 is 7.64. The van der Waals surface area contributed by atoms with Crippen molar-refractivity contribution in [2.45, 2.75) is 46.6 Å². The van der Waals surface area contributed by atoms with Crippen LogP contribution in [0.4, 0.5) is 0 Å². The topological polar surface area (TPSA) is 64.1 Å². The van der Waals surface area contributed by atoms with Crippen LogP contribution in [0.15, 0.2) is 58.1 Å². The van der Waals surface area contributed by atoms with Gasteiger partial charge >= 0.3 is 5.69 Å². The lowest BCUT2D eigenvalue weighted by Crippen LogP contribution is -2.33. The second-order valence-corrected chi connectivity index (χ2v) is 7.06. The van der Waals surface area contributed by atoms with Crippen LogP contribution < -0.4 is 16.0 Å². The van der Waals surface area contributed by atoms with E-state index in [0.717, 1.165) is 24.0 Å². The summed E-state index contributed by atoms with van der Waals surface area (Å²) in [5, 5.41) is 0. The van der Waals surface area contributed by atoms with Gasteiger partial charge < -0.3 is 4.74 Å². The zero-order chi connectivity index (χ0) is 20.1. The van der Waals surface area contributed by atoms with Crippen molar-refractivity contribution < 1.29 is 4.74 Å². The van der Waals surface area contributed by atoms with E-state index < -0.39 is 5.69 Å². The first-order valence-electron chi connectivity index (χ1n) is 9.64. The minimum atomic E-state index is -0.436. The van der Waals surface area contributed by atoms with Gasteiger partial charge in [0.25, 0.3) is 5.56 Å². The van der Waals surface area contributed by atoms with Crippen molar-refractivity contribution >= 4 is 0 Å². The first-order valence-corrected chi connectivity index (χ1v) is 9.64. The van der Waals surface area contributed by atoms with E-state index in [1.807, 2.05) is 51.1 Å². The van der Waals surface area contributed by atoms with Crippen LogP contribution in [-0.4, -0.2) is 9.55 Å². The molecular weight excluding hydrogens is 352 g/mol. The SMILES string of the molecule is CCc1c(Oc2cc(C)cc(C)c2)n(CCCc2ccccc2)c(=O)[nH]c1=O. The molecule has 0 aliphatic heterocycles.